The van der Waals surface area contributed by atoms with Crippen LogP contribution in [0.1, 0.15) is 42.6 Å². The molecule has 1 heterocycles. The average molecular weight is 392 g/mol. The monoisotopic (exact) mass is 391 g/mol. The zero-order valence-corrected chi connectivity index (χ0v) is 17.0. The summed E-state index contributed by atoms with van der Waals surface area (Å²) in [5.41, 5.74) is 1.91. The summed E-state index contributed by atoms with van der Waals surface area (Å²) in [6.07, 6.45) is 2.27. The van der Waals surface area contributed by atoms with E-state index in [2.05, 4.69) is 29.5 Å². The van der Waals surface area contributed by atoms with Gasteiger partial charge in [-0.2, -0.15) is 0 Å². The lowest BCUT2D eigenvalue weighted by Gasteiger charge is -2.16. The molecule has 1 aromatic carbocycles. The topological polar surface area (TPSA) is 83.5 Å². The number of nitrogens with one attached hydrogen (secondary N) is 2. The van der Waals surface area contributed by atoms with Crippen LogP contribution in [0, 0.1) is 0 Å². The molecule has 7 heteroatoms. The van der Waals surface area contributed by atoms with Gasteiger partial charge in [-0.15, -0.1) is 11.3 Å². The van der Waals surface area contributed by atoms with Gasteiger partial charge in [-0.25, -0.2) is 4.98 Å². The van der Waals surface area contributed by atoms with Gasteiger partial charge in [-0.05, 0) is 43.9 Å². The summed E-state index contributed by atoms with van der Waals surface area (Å²) < 4.78 is 5.40. The van der Waals surface area contributed by atoms with E-state index in [1.807, 2.05) is 29.6 Å². The Bertz CT molecular complexity index is 703. The fraction of sp³-hybridized carbons (Fsp3) is 0.500. The number of nitrogens with zero attached hydrogens (tertiary/aromatic N) is 1. The van der Waals surface area contributed by atoms with Crippen LogP contribution >= 0.6 is 11.3 Å². The van der Waals surface area contributed by atoms with Gasteiger partial charge in [-0.1, -0.05) is 19.1 Å². The molecule has 0 spiro atoms. The number of carbonyl (C=O) groups excluding carboxylic acids is 1. The van der Waals surface area contributed by atoms with Crippen molar-refractivity contribution < 1.29 is 14.6 Å². The van der Waals surface area contributed by atoms with E-state index < -0.39 is 6.10 Å². The molecular weight excluding hydrogens is 362 g/mol. The van der Waals surface area contributed by atoms with E-state index >= 15 is 0 Å². The number of aromatic nitrogens is 1. The van der Waals surface area contributed by atoms with Crippen LogP contribution in [0.25, 0.3) is 0 Å². The molecule has 0 fully saturated rings. The van der Waals surface area contributed by atoms with Gasteiger partial charge >= 0.3 is 0 Å². The Kier molecular flexibility index (Phi) is 8.71. The molecule has 2 atom stereocenters. The van der Waals surface area contributed by atoms with E-state index in [1.165, 1.54) is 0 Å². The Hall–Kier alpha value is -1.96. The van der Waals surface area contributed by atoms with Gasteiger partial charge in [-0.3, -0.25) is 4.79 Å². The number of ether oxygens (including phenoxy) is 1. The van der Waals surface area contributed by atoms with Crippen LogP contribution in [-0.2, 0) is 17.6 Å². The van der Waals surface area contributed by atoms with E-state index in [0.717, 1.165) is 35.5 Å². The number of benzene rings is 1. The number of amides is 1. The smallest absolute Gasteiger partial charge is 0.257 e. The van der Waals surface area contributed by atoms with E-state index in [-0.39, 0.29) is 18.6 Å². The van der Waals surface area contributed by atoms with Gasteiger partial charge < -0.3 is 20.5 Å². The first-order valence-electron chi connectivity index (χ1n) is 9.29. The van der Waals surface area contributed by atoms with Crippen molar-refractivity contribution in [3.63, 3.8) is 0 Å². The molecule has 0 aliphatic heterocycles. The number of rotatable bonds is 11. The quantitative estimate of drug-likeness (QED) is 0.548. The van der Waals surface area contributed by atoms with Crippen molar-refractivity contribution in [1.29, 1.82) is 0 Å². The zero-order valence-electron chi connectivity index (χ0n) is 16.2. The minimum atomic E-state index is -0.588. The standard InChI is InChI=1S/C20H29N3O3S/c1-4-5-20-23-17(13-27-20)18(24)11-22-14(2)10-15-6-8-16(9-7-15)26-12-19(25)21-3/h6-9,13-14,18,22,24H,4-5,10-12H2,1-3H3,(H,21,25). The third kappa shape index (κ3) is 7.28. The van der Waals surface area contributed by atoms with E-state index in [4.69, 9.17) is 4.74 Å². The van der Waals surface area contributed by atoms with Crippen molar-refractivity contribution in [2.24, 2.45) is 0 Å². The number of aliphatic hydroxyl groups is 1. The number of thiazole rings is 1. The highest BCUT2D eigenvalue weighted by atomic mass is 32.1. The van der Waals surface area contributed by atoms with Crippen molar-refractivity contribution in [3.8, 4) is 5.75 Å². The second-order valence-corrected chi connectivity index (χ2v) is 7.49. The zero-order chi connectivity index (χ0) is 19.6. The summed E-state index contributed by atoms with van der Waals surface area (Å²) in [4.78, 5) is 15.7. The number of hydrogen-bond acceptors (Lipinski definition) is 6. The van der Waals surface area contributed by atoms with Gasteiger partial charge in [0.2, 0.25) is 0 Å². The molecule has 3 N–H and O–H groups in total. The lowest BCUT2D eigenvalue weighted by atomic mass is 10.1. The van der Waals surface area contributed by atoms with Crippen LogP contribution in [0.5, 0.6) is 5.75 Å². The van der Waals surface area contributed by atoms with Crippen LogP contribution < -0.4 is 15.4 Å². The Morgan fingerprint density at radius 2 is 2.07 bits per heavy atom. The molecule has 2 unspecified atom stereocenters. The molecule has 2 rings (SSSR count). The van der Waals surface area contributed by atoms with E-state index in [1.54, 1.807) is 18.4 Å². The van der Waals surface area contributed by atoms with Crippen molar-refractivity contribution in [2.75, 3.05) is 20.2 Å². The maximum absolute atomic E-state index is 11.2. The second kappa shape index (κ2) is 11.0. The first kappa shape index (κ1) is 21.3. The SMILES string of the molecule is CCCc1nc(C(O)CNC(C)Cc2ccc(OCC(=O)NC)cc2)cs1. The molecule has 0 radical (unpaired) electrons. The summed E-state index contributed by atoms with van der Waals surface area (Å²) in [7, 11) is 1.58. The maximum Gasteiger partial charge on any atom is 0.257 e. The predicted octanol–water partition coefficient (Wildman–Crippen LogP) is 2.47. The summed E-state index contributed by atoms with van der Waals surface area (Å²) in [5, 5.41) is 19.2. The fourth-order valence-corrected chi connectivity index (χ4v) is 3.54. The minimum absolute atomic E-state index is 0.0162. The number of aliphatic hydroxyl groups excluding tert-OH is 1. The molecule has 0 bridgehead atoms. The molecule has 0 aliphatic carbocycles. The molecule has 148 valence electrons. The normalized spacial score (nSPS) is 13.2. The summed E-state index contributed by atoms with van der Waals surface area (Å²) >= 11 is 1.61. The average Bonchev–Trinajstić information content (AvgIpc) is 3.14. The van der Waals surface area contributed by atoms with Crippen LogP contribution in [0.4, 0.5) is 0 Å². The van der Waals surface area contributed by atoms with E-state index in [9.17, 15) is 9.90 Å². The largest absolute Gasteiger partial charge is 0.484 e. The molecule has 1 amide bonds. The van der Waals surface area contributed by atoms with Gasteiger partial charge in [0.1, 0.15) is 11.9 Å². The molecular formula is C20H29N3O3S. The highest BCUT2D eigenvalue weighted by Crippen LogP contribution is 2.18. The first-order chi connectivity index (χ1) is 13.0. The van der Waals surface area contributed by atoms with Crippen LogP contribution in [0.15, 0.2) is 29.6 Å². The molecule has 0 saturated carbocycles. The number of likely N-dealkylation sites (N-methyl/N-ethyl adjacent to an activating group) is 1. The second-order valence-electron chi connectivity index (χ2n) is 6.55. The van der Waals surface area contributed by atoms with Crippen LogP contribution in [0.2, 0.25) is 0 Å². The van der Waals surface area contributed by atoms with Crippen molar-refractivity contribution in [1.82, 2.24) is 15.6 Å². The number of aryl methyl sites for hydroxylation is 1. The number of hydrogen-bond donors (Lipinski definition) is 3. The minimum Gasteiger partial charge on any atom is -0.484 e. The Morgan fingerprint density at radius 3 is 2.74 bits per heavy atom. The van der Waals surface area contributed by atoms with Crippen molar-refractivity contribution in [2.45, 2.75) is 45.3 Å². The molecule has 0 saturated heterocycles. The van der Waals surface area contributed by atoms with Crippen LogP contribution in [-0.4, -0.2) is 42.2 Å². The molecule has 27 heavy (non-hydrogen) atoms. The van der Waals surface area contributed by atoms with Gasteiger partial charge in [0.25, 0.3) is 5.91 Å². The molecule has 1 aromatic heterocycles. The van der Waals surface area contributed by atoms with Gasteiger partial charge in [0.05, 0.1) is 10.7 Å². The first-order valence-corrected chi connectivity index (χ1v) is 10.2. The predicted molar refractivity (Wildman–Crippen MR) is 108 cm³/mol. The van der Waals surface area contributed by atoms with Gasteiger partial charge in [0, 0.05) is 25.0 Å². The lowest BCUT2D eigenvalue weighted by Crippen LogP contribution is -2.32. The van der Waals surface area contributed by atoms with Crippen molar-refractivity contribution >= 4 is 17.2 Å². The van der Waals surface area contributed by atoms with Gasteiger partial charge in [0.15, 0.2) is 6.61 Å². The Balaban J connectivity index is 1.75. The highest BCUT2D eigenvalue weighted by molar-refractivity contribution is 7.09. The lowest BCUT2D eigenvalue weighted by molar-refractivity contribution is -0.122. The highest BCUT2D eigenvalue weighted by Gasteiger charge is 2.13. The third-order valence-electron chi connectivity index (χ3n) is 4.15. The maximum atomic E-state index is 11.2. The molecule has 6 nitrogen and oxygen atoms in total. The number of carbonyl (C=O) groups is 1. The summed E-state index contributed by atoms with van der Waals surface area (Å²) in [5.74, 6) is 0.516. The fourth-order valence-electron chi connectivity index (χ4n) is 2.59. The third-order valence-corrected chi connectivity index (χ3v) is 5.08. The van der Waals surface area contributed by atoms with E-state index in [0.29, 0.717) is 12.3 Å². The molecule has 0 aliphatic rings. The Morgan fingerprint density at radius 1 is 1.33 bits per heavy atom. The summed E-state index contributed by atoms with van der Waals surface area (Å²) in [6.45, 7) is 4.71. The summed E-state index contributed by atoms with van der Waals surface area (Å²) in [6, 6.07) is 7.93. The van der Waals surface area contributed by atoms with Crippen LogP contribution in [0.3, 0.4) is 0 Å². The molecule has 2 aromatic rings. The Labute approximate surface area is 165 Å². The van der Waals surface area contributed by atoms with Crippen molar-refractivity contribution in [3.05, 3.63) is 45.9 Å².